The lowest BCUT2D eigenvalue weighted by Gasteiger charge is -2.33. The van der Waals surface area contributed by atoms with Gasteiger partial charge in [-0.1, -0.05) is 12.1 Å². The standard InChI is InChI=1S/C28H31FN8O/c1-34-8-11-36(12-9-34)27-5-4-22(17-31-27)28(38)33-26-15-23-14-20(2-3-21(23)16-30-26)24-18-32-37-13-10-35(7-6-29)19-25(24)37/h2-5,14-18H,6-13,19H2,1H3,(H,30,33,38). The number of hydrogen-bond donors (Lipinski definition) is 1. The molecule has 10 heteroatoms. The lowest BCUT2D eigenvalue weighted by atomic mass is 10.0. The summed E-state index contributed by atoms with van der Waals surface area (Å²) in [5, 5.41) is 9.41. The molecule has 9 nitrogen and oxygen atoms in total. The number of carbonyl (C=O) groups excluding carboxylic acids is 1. The molecule has 38 heavy (non-hydrogen) atoms. The molecular weight excluding hydrogens is 483 g/mol. The fourth-order valence-electron chi connectivity index (χ4n) is 5.16. The van der Waals surface area contributed by atoms with E-state index in [0.29, 0.717) is 24.5 Å². The maximum absolute atomic E-state index is 12.9. The maximum atomic E-state index is 12.9. The van der Waals surface area contributed by atoms with Crippen molar-refractivity contribution in [3.8, 4) is 11.1 Å². The van der Waals surface area contributed by atoms with Crippen molar-refractivity contribution in [1.82, 2.24) is 29.5 Å². The molecule has 1 amide bonds. The van der Waals surface area contributed by atoms with Crippen LogP contribution in [0.3, 0.4) is 0 Å². The number of pyridine rings is 2. The summed E-state index contributed by atoms with van der Waals surface area (Å²) in [6.07, 6.45) is 5.27. The monoisotopic (exact) mass is 514 g/mol. The van der Waals surface area contributed by atoms with Crippen LogP contribution in [-0.2, 0) is 13.1 Å². The van der Waals surface area contributed by atoms with Crippen LogP contribution in [0.2, 0.25) is 0 Å². The number of anilines is 2. The Bertz CT molecular complexity index is 1450. The largest absolute Gasteiger partial charge is 0.354 e. The average Bonchev–Trinajstić information content (AvgIpc) is 3.37. The summed E-state index contributed by atoms with van der Waals surface area (Å²) in [7, 11) is 2.12. The number of nitrogens with zero attached hydrogens (tertiary/aromatic N) is 7. The number of amides is 1. The van der Waals surface area contributed by atoms with Crippen LogP contribution in [0.15, 0.2) is 55.0 Å². The fraction of sp³-hybridized carbons (Fsp3) is 0.357. The molecule has 5 heterocycles. The number of aromatic nitrogens is 4. The van der Waals surface area contributed by atoms with Gasteiger partial charge >= 0.3 is 0 Å². The van der Waals surface area contributed by atoms with Gasteiger partial charge in [0.15, 0.2) is 0 Å². The van der Waals surface area contributed by atoms with E-state index >= 15 is 0 Å². The number of halogens is 1. The first-order chi connectivity index (χ1) is 18.6. The summed E-state index contributed by atoms with van der Waals surface area (Å²) in [6, 6.07) is 11.8. The number of nitrogens with one attached hydrogen (secondary N) is 1. The van der Waals surface area contributed by atoms with Crippen LogP contribution in [0.5, 0.6) is 0 Å². The summed E-state index contributed by atoms with van der Waals surface area (Å²) in [5.41, 5.74) is 3.67. The van der Waals surface area contributed by atoms with E-state index < -0.39 is 0 Å². The zero-order valence-electron chi connectivity index (χ0n) is 21.5. The van der Waals surface area contributed by atoms with Gasteiger partial charge in [-0.2, -0.15) is 5.10 Å². The lowest BCUT2D eigenvalue weighted by Crippen LogP contribution is -2.44. The molecule has 0 aliphatic carbocycles. The minimum Gasteiger partial charge on any atom is -0.354 e. The highest BCUT2D eigenvalue weighted by molar-refractivity contribution is 6.04. The summed E-state index contributed by atoms with van der Waals surface area (Å²) in [6.45, 7) is 6.18. The van der Waals surface area contributed by atoms with Gasteiger partial charge < -0.3 is 15.1 Å². The van der Waals surface area contributed by atoms with E-state index in [0.717, 1.165) is 72.7 Å². The molecule has 1 aromatic carbocycles. The molecular formula is C28H31FN8O. The number of likely N-dealkylation sites (N-methyl/N-ethyl adjacent to an activating group) is 1. The molecule has 2 aliphatic rings. The molecule has 2 aliphatic heterocycles. The molecule has 6 rings (SSSR count). The van der Waals surface area contributed by atoms with Crippen LogP contribution in [0, 0.1) is 0 Å². The quantitative estimate of drug-likeness (QED) is 0.423. The van der Waals surface area contributed by atoms with Gasteiger partial charge in [-0.05, 0) is 42.3 Å². The molecule has 0 radical (unpaired) electrons. The van der Waals surface area contributed by atoms with Gasteiger partial charge in [0.05, 0.1) is 24.0 Å². The topological polar surface area (TPSA) is 82.4 Å². The van der Waals surface area contributed by atoms with Gasteiger partial charge in [0.2, 0.25) is 0 Å². The smallest absolute Gasteiger partial charge is 0.258 e. The molecule has 0 saturated carbocycles. The van der Waals surface area contributed by atoms with Gasteiger partial charge in [-0.3, -0.25) is 14.4 Å². The predicted molar refractivity (Wildman–Crippen MR) is 146 cm³/mol. The number of rotatable bonds is 6. The Balaban J connectivity index is 1.19. The van der Waals surface area contributed by atoms with E-state index in [2.05, 4.69) is 54.3 Å². The van der Waals surface area contributed by atoms with E-state index in [1.807, 2.05) is 35.1 Å². The van der Waals surface area contributed by atoms with E-state index in [1.54, 1.807) is 12.4 Å². The van der Waals surface area contributed by atoms with Gasteiger partial charge in [0.25, 0.3) is 5.91 Å². The van der Waals surface area contributed by atoms with Gasteiger partial charge in [0, 0.05) is 69.2 Å². The third-order valence-electron chi connectivity index (χ3n) is 7.46. The van der Waals surface area contributed by atoms with Crippen molar-refractivity contribution in [3.63, 3.8) is 0 Å². The Hall–Kier alpha value is -3.89. The maximum Gasteiger partial charge on any atom is 0.258 e. The first-order valence-corrected chi connectivity index (χ1v) is 13.0. The van der Waals surface area contributed by atoms with E-state index in [9.17, 15) is 9.18 Å². The molecule has 1 N–H and O–H groups in total. The lowest BCUT2D eigenvalue weighted by molar-refractivity contribution is 0.102. The Morgan fingerprint density at radius 1 is 0.947 bits per heavy atom. The number of benzene rings is 1. The zero-order chi connectivity index (χ0) is 26.1. The summed E-state index contributed by atoms with van der Waals surface area (Å²) < 4.78 is 14.9. The molecule has 0 bridgehead atoms. The van der Waals surface area contributed by atoms with E-state index in [4.69, 9.17) is 0 Å². The zero-order valence-corrected chi connectivity index (χ0v) is 21.5. The van der Waals surface area contributed by atoms with Crippen LogP contribution < -0.4 is 10.2 Å². The van der Waals surface area contributed by atoms with Gasteiger partial charge in [0.1, 0.15) is 18.3 Å². The third kappa shape index (κ3) is 4.97. The summed E-state index contributed by atoms with van der Waals surface area (Å²) in [5.74, 6) is 1.12. The molecule has 1 saturated heterocycles. The second-order valence-electron chi connectivity index (χ2n) is 9.97. The minimum absolute atomic E-state index is 0.246. The van der Waals surface area contributed by atoms with Crippen molar-refractivity contribution in [2.45, 2.75) is 13.1 Å². The molecule has 3 aromatic heterocycles. The summed E-state index contributed by atoms with van der Waals surface area (Å²) in [4.78, 5) is 28.5. The number of carbonyl (C=O) groups is 1. The van der Waals surface area contributed by atoms with Crippen molar-refractivity contribution in [2.75, 3.05) is 63.2 Å². The second-order valence-corrected chi connectivity index (χ2v) is 9.97. The number of piperazine rings is 1. The Morgan fingerprint density at radius 2 is 1.82 bits per heavy atom. The first-order valence-electron chi connectivity index (χ1n) is 13.0. The fourth-order valence-corrected chi connectivity index (χ4v) is 5.16. The van der Waals surface area contributed by atoms with E-state index in [-0.39, 0.29) is 12.6 Å². The molecule has 0 spiro atoms. The third-order valence-corrected chi connectivity index (χ3v) is 7.46. The van der Waals surface area contributed by atoms with E-state index in [1.165, 1.54) is 0 Å². The normalized spacial score (nSPS) is 16.5. The van der Waals surface area contributed by atoms with Crippen LogP contribution in [0.4, 0.5) is 16.0 Å². The Labute approximate surface area is 220 Å². The van der Waals surface area contributed by atoms with Crippen molar-refractivity contribution in [3.05, 3.63) is 66.2 Å². The molecule has 1 fully saturated rings. The molecule has 4 aromatic rings. The first kappa shape index (κ1) is 24.4. The highest BCUT2D eigenvalue weighted by atomic mass is 19.1. The van der Waals surface area contributed by atoms with Crippen molar-refractivity contribution >= 4 is 28.3 Å². The molecule has 0 unspecified atom stereocenters. The Morgan fingerprint density at radius 3 is 2.61 bits per heavy atom. The number of alkyl halides is 1. The van der Waals surface area contributed by atoms with Crippen molar-refractivity contribution in [2.24, 2.45) is 0 Å². The van der Waals surface area contributed by atoms with Crippen LogP contribution >= 0.6 is 0 Å². The van der Waals surface area contributed by atoms with Gasteiger partial charge in [-0.25, -0.2) is 14.4 Å². The summed E-state index contributed by atoms with van der Waals surface area (Å²) >= 11 is 0. The second kappa shape index (κ2) is 10.5. The highest BCUT2D eigenvalue weighted by Crippen LogP contribution is 2.30. The van der Waals surface area contributed by atoms with Crippen LogP contribution in [-0.4, -0.2) is 88.4 Å². The average molecular weight is 515 g/mol. The van der Waals surface area contributed by atoms with Crippen molar-refractivity contribution in [1.29, 1.82) is 0 Å². The van der Waals surface area contributed by atoms with Crippen molar-refractivity contribution < 1.29 is 9.18 Å². The number of hydrogen-bond acceptors (Lipinski definition) is 7. The predicted octanol–water partition coefficient (Wildman–Crippen LogP) is 3.28. The molecule has 0 atom stereocenters. The Kier molecular flexibility index (Phi) is 6.73. The number of fused-ring (bicyclic) bond motifs is 2. The highest BCUT2D eigenvalue weighted by Gasteiger charge is 2.21. The van der Waals surface area contributed by atoms with Crippen LogP contribution in [0.25, 0.3) is 21.9 Å². The van der Waals surface area contributed by atoms with Gasteiger partial charge in [-0.15, -0.1) is 0 Å². The SMILES string of the molecule is CN1CCN(c2ccc(C(=O)Nc3cc4cc(-c5cnn6c5CN(CCF)CC6)ccc4cn3)cn2)CC1. The molecule has 196 valence electrons. The minimum atomic E-state index is -0.350. The van der Waals surface area contributed by atoms with Crippen LogP contribution in [0.1, 0.15) is 16.1 Å².